The van der Waals surface area contributed by atoms with Gasteiger partial charge in [0.15, 0.2) is 0 Å². The second-order valence-electron chi connectivity index (χ2n) is 6.37. The van der Waals surface area contributed by atoms with E-state index in [2.05, 4.69) is 15.3 Å². The predicted molar refractivity (Wildman–Crippen MR) is 107 cm³/mol. The van der Waals surface area contributed by atoms with Crippen molar-refractivity contribution in [2.75, 3.05) is 12.4 Å². The zero-order valence-corrected chi connectivity index (χ0v) is 15.6. The lowest BCUT2D eigenvalue weighted by Gasteiger charge is -2.11. The SMILES string of the molecule is COc1cc(F)c([N+](=O)[O-])cc1Nc1cc(-c2ccc3c(ccn3C)c2)ncn1. The molecule has 29 heavy (non-hydrogen) atoms. The molecule has 2 heterocycles. The summed E-state index contributed by atoms with van der Waals surface area (Å²) in [7, 11) is 3.33. The monoisotopic (exact) mass is 393 g/mol. The Bertz CT molecular complexity index is 1240. The largest absolute Gasteiger partial charge is 0.494 e. The lowest BCUT2D eigenvalue weighted by molar-refractivity contribution is -0.387. The van der Waals surface area contributed by atoms with Gasteiger partial charge < -0.3 is 14.6 Å². The average Bonchev–Trinajstić information content (AvgIpc) is 3.09. The maximum absolute atomic E-state index is 13.8. The zero-order chi connectivity index (χ0) is 20.5. The van der Waals surface area contributed by atoms with Crippen LogP contribution in [-0.2, 0) is 7.05 Å². The van der Waals surface area contributed by atoms with Crippen LogP contribution in [0.5, 0.6) is 5.75 Å². The van der Waals surface area contributed by atoms with Crippen LogP contribution in [0.4, 0.5) is 21.6 Å². The minimum atomic E-state index is -0.975. The van der Waals surface area contributed by atoms with E-state index >= 15 is 0 Å². The van der Waals surface area contributed by atoms with Gasteiger partial charge in [-0.3, -0.25) is 10.1 Å². The van der Waals surface area contributed by atoms with Gasteiger partial charge in [-0.2, -0.15) is 4.39 Å². The van der Waals surface area contributed by atoms with Gasteiger partial charge >= 0.3 is 5.69 Å². The van der Waals surface area contributed by atoms with E-state index in [-0.39, 0.29) is 11.4 Å². The zero-order valence-electron chi connectivity index (χ0n) is 15.6. The van der Waals surface area contributed by atoms with E-state index in [0.29, 0.717) is 11.5 Å². The third kappa shape index (κ3) is 3.45. The van der Waals surface area contributed by atoms with Crippen molar-refractivity contribution in [3.63, 3.8) is 0 Å². The molecule has 8 nitrogen and oxygen atoms in total. The van der Waals surface area contributed by atoms with Gasteiger partial charge in [0, 0.05) is 47.9 Å². The normalized spacial score (nSPS) is 10.9. The Morgan fingerprint density at radius 2 is 2.00 bits per heavy atom. The molecule has 0 bridgehead atoms. The fourth-order valence-electron chi connectivity index (χ4n) is 3.11. The van der Waals surface area contributed by atoms with E-state index in [4.69, 9.17) is 4.74 Å². The Hall–Kier alpha value is -4.01. The third-order valence-electron chi connectivity index (χ3n) is 4.58. The molecule has 0 aliphatic heterocycles. The van der Waals surface area contributed by atoms with E-state index in [9.17, 15) is 14.5 Å². The Balaban J connectivity index is 1.70. The number of halogens is 1. The Morgan fingerprint density at radius 1 is 1.17 bits per heavy atom. The highest BCUT2D eigenvalue weighted by atomic mass is 19.1. The van der Waals surface area contributed by atoms with Crippen LogP contribution in [0, 0.1) is 15.9 Å². The van der Waals surface area contributed by atoms with Gasteiger partial charge in [0.2, 0.25) is 5.82 Å². The van der Waals surface area contributed by atoms with Crippen molar-refractivity contribution in [1.29, 1.82) is 0 Å². The summed E-state index contributed by atoms with van der Waals surface area (Å²) in [6.07, 6.45) is 3.37. The van der Waals surface area contributed by atoms with Crippen molar-refractivity contribution in [3.8, 4) is 17.0 Å². The number of ether oxygens (including phenoxy) is 1. The molecule has 0 saturated carbocycles. The number of benzene rings is 2. The molecule has 0 fully saturated rings. The first-order valence-corrected chi connectivity index (χ1v) is 8.62. The molecule has 1 N–H and O–H groups in total. The van der Waals surface area contributed by atoms with Crippen LogP contribution in [-0.4, -0.2) is 26.6 Å². The number of nitro groups is 1. The average molecular weight is 393 g/mol. The number of aromatic nitrogens is 3. The molecule has 0 aliphatic carbocycles. The molecule has 0 aliphatic rings. The first-order chi connectivity index (χ1) is 14.0. The first-order valence-electron chi connectivity index (χ1n) is 8.62. The third-order valence-corrected chi connectivity index (χ3v) is 4.58. The van der Waals surface area contributed by atoms with E-state index in [0.717, 1.165) is 28.6 Å². The summed E-state index contributed by atoms with van der Waals surface area (Å²) < 4.78 is 21.0. The van der Waals surface area contributed by atoms with Crippen LogP contribution in [0.1, 0.15) is 0 Å². The second-order valence-corrected chi connectivity index (χ2v) is 6.37. The standard InChI is InChI=1S/C20H16FN5O3/c1-25-6-5-13-7-12(3-4-17(13)25)15-10-20(23-11-22-15)24-16-9-18(26(27)28)14(21)8-19(16)29-2/h3-11H,1-2H3,(H,22,23,24). The lowest BCUT2D eigenvalue weighted by atomic mass is 10.1. The highest BCUT2D eigenvalue weighted by Gasteiger charge is 2.19. The molecule has 0 radical (unpaired) electrons. The van der Waals surface area contributed by atoms with Gasteiger partial charge in [0.05, 0.1) is 23.4 Å². The maximum atomic E-state index is 13.8. The molecule has 0 atom stereocenters. The number of rotatable bonds is 5. The van der Waals surface area contributed by atoms with Crippen LogP contribution in [0.15, 0.2) is 55.0 Å². The van der Waals surface area contributed by atoms with Crippen molar-refractivity contribution in [2.45, 2.75) is 0 Å². The number of nitrogens with one attached hydrogen (secondary N) is 1. The molecule has 146 valence electrons. The van der Waals surface area contributed by atoms with Crippen LogP contribution in [0.2, 0.25) is 0 Å². The molecule has 0 spiro atoms. The summed E-state index contributed by atoms with van der Waals surface area (Å²) >= 11 is 0. The van der Waals surface area contributed by atoms with Gasteiger partial charge in [-0.25, -0.2) is 9.97 Å². The Kier molecular flexibility index (Phi) is 4.55. The smallest absolute Gasteiger partial charge is 0.307 e. The van der Waals surface area contributed by atoms with Gasteiger partial charge in [-0.15, -0.1) is 0 Å². The minimum Gasteiger partial charge on any atom is -0.494 e. The van der Waals surface area contributed by atoms with Gasteiger partial charge in [0.1, 0.15) is 17.9 Å². The molecular weight excluding hydrogens is 377 g/mol. The lowest BCUT2D eigenvalue weighted by Crippen LogP contribution is -2.01. The number of nitro benzene ring substituents is 1. The summed E-state index contributed by atoms with van der Waals surface area (Å²) in [6, 6.07) is 11.7. The fraction of sp³-hybridized carbons (Fsp3) is 0.100. The van der Waals surface area contributed by atoms with Gasteiger partial charge in [-0.05, 0) is 18.2 Å². The number of fused-ring (bicyclic) bond motifs is 1. The first kappa shape index (κ1) is 18.4. The Morgan fingerprint density at radius 3 is 2.76 bits per heavy atom. The second kappa shape index (κ2) is 7.19. The Labute approximate surface area is 164 Å². The fourth-order valence-corrected chi connectivity index (χ4v) is 3.11. The molecule has 9 heteroatoms. The molecule has 2 aromatic carbocycles. The number of anilines is 2. The van der Waals surface area contributed by atoms with Crippen LogP contribution < -0.4 is 10.1 Å². The number of aryl methyl sites for hydroxylation is 1. The van der Waals surface area contributed by atoms with Crippen LogP contribution in [0.3, 0.4) is 0 Å². The number of methoxy groups -OCH3 is 1. The molecule has 0 saturated heterocycles. The van der Waals surface area contributed by atoms with Crippen molar-refractivity contribution in [1.82, 2.24) is 14.5 Å². The quantitative estimate of drug-likeness (QED) is 0.398. The van der Waals surface area contributed by atoms with Crippen molar-refractivity contribution >= 4 is 28.1 Å². The minimum absolute atomic E-state index is 0.124. The summed E-state index contributed by atoms with van der Waals surface area (Å²) in [4.78, 5) is 18.7. The maximum Gasteiger partial charge on any atom is 0.307 e. The summed E-state index contributed by atoms with van der Waals surface area (Å²) in [5.74, 6) is -0.460. The van der Waals surface area contributed by atoms with Crippen molar-refractivity contribution in [2.24, 2.45) is 7.05 Å². The van der Waals surface area contributed by atoms with Crippen molar-refractivity contribution in [3.05, 3.63) is 70.9 Å². The molecular formula is C20H16FN5O3. The topological polar surface area (TPSA) is 95.1 Å². The van der Waals surface area contributed by atoms with Crippen LogP contribution in [0.25, 0.3) is 22.2 Å². The number of hydrogen-bond donors (Lipinski definition) is 1. The van der Waals surface area contributed by atoms with E-state index in [1.54, 1.807) is 6.07 Å². The van der Waals surface area contributed by atoms with Crippen molar-refractivity contribution < 1.29 is 14.1 Å². The van der Waals surface area contributed by atoms with E-state index < -0.39 is 16.4 Å². The highest BCUT2D eigenvalue weighted by Crippen LogP contribution is 2.34. The number of nitrogens with zero attached hydrogens (tertiary/aromatic N) is 4. The van der Waals surface area contributed by atoms with Gasteiger partial charge in [-0.1, -0.05) is 6.07 Å². The molecule has 2 aromatic heterocycles. The molecule has 4 rings (SSSR count). The van der Waals surface area contributed by atoms with E-state index in [1.807, 2.05) is 42.1 Å². The number of hydrogen-bond acceptors (Lipinski definition) is 6. The summed E-state index contributed by atoms with van der Waals surface area (Å²) in [5, 5.41) is 15.1. The van der Waals surface area contributed by atoms with Crippen LogP contribution >= 0.6 is 0 Å². The van der Waals surface area contributed by atoms with E-state index in [1.165, 1.54) is 13.4 Å². The molecule has 0 unspecified atom stereocenters. The highest BCUT2D eigenvalue weighted by molar-refractivity contribution is 5.85. The summed E-state index contributed by atoms with van der Waals surface area (Å²) in [5.41, 5.74) is 2.24. The predicted octanol–water partition coefficient (Wildman–Crippen LogP) is 4.43. The molecule has 0 amide bonds. The van der Waals surface area contributed by atoms with Gasteiger partial charge in [0.25, 0.3) is 0 Å². The molecule has 4 aromatic rings. The summed E-state index contributed by atoms with van der Waals surface area (Å²) in [6.45, 7) is 0.